The topological polar surface area (TPSA) is 115 Å². The second kappa shape index (κ2) is 7.62. The fraction of sp³-hybridized carbons (Fsp3) is 0.381. The molecule has 1 unspecified atom stereocenters. The first kappa shape index (κ1) is 20.4. The Bertz CT molecular complexity index is 957. The van der Waals surface area contributed by atoms with E-state index in [-0.39, 0.29) is 12.3 Å². The number of hydrogen-bond acceptors (Lipinski definition) is 5. The van der Waals surface area contributed by atoms with Crippen LogP contribution in [0.15, 0.2) is 34.7 Å². The number of hydrogen-bond donors (Lipinski definition) is 2. The van der Waals surface area contributed by atoms with Crippen LogP contribution in [-0.4, -0.2) is 36.6 Å². The third-order valence-corrected chi connectivity index (χ3v) is 4.55. The second-order valence-corrected chi connectivity index (χ2v) is 8.04. The third kappa shape index (κ3) is 4.77. The van der Waals surface area contributed by atoms with Gasteiger partial charge in [0, 0.05) is 24.7 Å². The van der Waals surface area contributed by atoms with Gasteiger partial charge >= 0.3 is 6.09 Å². The highest BCUT2D eigenvalue weighted by atomic mass is 16.6. The fourth-order valence-electron chi connectivity index (χ4n) is 3.11. The van der Waals surface area contributed by atoms with Crippen molar-refractivity contribution in [1.82, 2.24) is 5.32 Å². The standard InChI is InChI=1S/C21H25N3O5/c1-21(2,3)29-20(27)23-15(19(22)26)11-14-7-8-17(28-14)13-6-5-12-10-18(25)24(4)16(12)9-13/h5-9,15H,10-11H2,1-4H3,(H2,22,26)(H,23,27). The maximum absolute atomic E-state index is 12.0. The zero-order valence-electron chi connectivity index (χ0n) is 16.9. The summed E-state index contributed by atoms with van der Waals surface area (Å²) in [7, 11) is 1.74. The van der Waals surface area contributed by atoms with Crippen molar-refractivity contribution in [2.75, 3.05) is 11.9 Å². The number of likely N-dealkylation sites (N-methyl/N-ethyl adjacent to an activating group) is 1. The molecule has 3 rings (SSSR count). The molecule has 0 radical (unpaired) electrons. The number of nitrogens with one attached hydrogen (secondary N) is 1. The maximum Gasteiger partial charge on any atom is 0.408 e. The number of nitrogens with two attached hydrogens (primary N) is 1. The molecule has 1 aliphatic heterocycles. The molecule has 3 amide bonds. The molecule has 1 atom stereocenters. The van der Waals surface area contributed by atoms with Gasteiger partial charge in [-0.1, -0.05) is 12.1 Å². The lowest BCUT2D eigenvalue weighted by molar-refractivity contribution is -0.120. The lowest BCUT2D eigenvalue weighted by atomic mass is 10.1. The predicted octanol–water partition coefficient (Wildman–Crippen LogP) is 2.39. The molecule has 1 aliphatic rings. The van der Waals surface area contributed by atoms with Crippen LogP contribution in [0.5, 0.6) is 0 Å². The molecule has 29 heavy (non-hydrogen) atoms. The SMILES string of the molecule is CN1C(=O)Cc2ccc(-c3ccc(CC(NC(=O)OC(C)(C)C)C(N)=O)o3)cc21. The molecule has 154 valence electrons. The van der Waals surface area contributed by atoms with Crippen molar-refractivity contribution in [3.05, 3.63) is 41.7 Å². The molecular formula is C21H25N3O5. The number of furan rings is 1. The Balaban J connectivity index is 1.73. The van der Waals surface area contributed by atoms with Gasteiger partial charge in [-0.15, -0.1) is 0 Å². The average Bonchev–Trinajstić information content (AvgIpc) is 3.17. The minimum Gasteiger partial charge on any atom is -0.461 e. The molecule has 1 aromatic carbocycles. The van der Waals surface area contributed by atoms with E-state index >= 15 is 0 Å². The zero-order valence-corrected chi connectivity index (χ0v) is 16.9. The van der Waals surface area contributed by atoms with Crippen LogP contribution in [0.25, 0.3) is 11.3 Å². The number of ether oxygens (including phenoxy) is 1. The Morgan fingerprint density at radius 1 is 1.28 bits per heavy atom. The van der Waals surface area contributed by atoms with E-state index in [1.165, 1.54) is 0 Å². The van der Waals surface area contributed by atoms with Crippen molar-refractivity contribution in [2.45, 2.75) is 45.3 Å². The lowest BCUT2D eigenvalue weighted by Gasteiger charge is -2.22. The lowest BCUT2D eigenvalue weighted by Crippen LogP contribution is -2.47. The molecule has 0 saturated heterocycles. The number of amides is 3. The molecule has 2 heterocycles. The number of nitrogens with zero attached hydrogens (tertiary/aromatic N) is 1. The Hall–Kier alpha value is -3.29. The number of carbonyl (C=O) groups is 3. The maximum atomic E-state index is 12.0. The van der Waals surface area contributed by atoms with Crippen molar-refractivity contribution >= 4 is 23.6 Å². The Kier molecular flexibility index (Phi) is 5.37. The summed E-state index contributed by atoms with van der Waals surface area (Å²) in [5.74, 6) is 0.446. The number of alkyl carbamates (subject to hydrolysis) is 1. The minimum atomic E-state index is -0.965. The van der Waals surface area contributed by atoms with Gasteiger partial charge in [-0.2, -0.15) is 0 Å². The number of rotatable bonds is 5. The van der Waals surface area contributed by atoms with Crippen LogP contribution in [0.2, 0.25) is 0 Å². The number of carbonyl (C=O) groups excluding carboxylic acids is 3. The Labute approximate surface area is 169 Å². The quantitative estimate of drug-likeness (QED) is 0.801. The van der Waals surface area contributed by atoms with Gasteiger partial charge in [-0.25, -0.2) is 4.79 Å². The highest BCUT2D eigenvalue weighted by molar-refractivity contribution is 6.01. The molecule has 0 fully saturated rings. The molecule has 0 spiro atoms. The van der Waals surface area contributed by atoms with Crippen LogP contribution in [0, 0.1) is 0 Å². The summed E-state index contributed by atoms with van der Waals surface area (Å²) < 4.78 is 11.0. The summed E-state index contributed by atoms with van der Waals surface area (Å²) >= 11 is 0. The van der Waals surface area contributed by atoms with E-state index in [0.29, 0.717) is 17.9 Å². The minimum absolute atomic E-state index is 0.0507. The van der Waals surface area contributed by atoms with Crippen LogP contribution in [0.3, 0.4) is 0 Å². The molecule has 0 bridgehead atoms. The van der Waals surface area contributed by atoms with Crippen LogP contribution < -0.4 is 16.0 Å². The van der Waals surface area contributed by atoms with Crippen molar-refractivity contribution in [3.63, 3.8) is 0 Å². The molecule has 0 aliphatic carbocycles. The molecule has 0 saturated carbocycles. The normalized spacial score (nSPS) is 14.5. The third-order valence-electron chi connectivity index (χ3n) is 4.55. The van der Waals surface area contributed by atoms with Gasteiger partial charge in [0.05, 0.1) is 6.42 Å². The van der Waals surface area contributed by atoms with E-state index in [2.05, 4.69) is 5.32 Å². The monoisotopic (exact) mass is 399 g/mol. The van der Waals surface area contributed by atoms with Crippen molar-refractivity contribution in [3.8, 4) is 11.3 Å². The van der Waals surface area contributed by atoms with Crippen LogP contribution in [-0.2, 0) is 27.2 Å². The number of primary amides is 1. The molecule has 3 N–H and O–H groups in total. The van der Waals surface area contributed by atoms with E-state index < -0.39 is 23.6 Å². The van der Waals surface area contributed by atoms with E-state index in [9.17, 15) is 14.4 Å². The average molecular weight is 399 g/mol. The Morgan fingerprint density at radius 2 is 2.00 bits per heavy atom. The molecular weight excluding hydrogens is 374 g/mol. The molecule has 8 heteroatoms. The van der Waals surface area contributed by atoms with Gasteiger partial charge < -0.3 is 25.1 Å². The predicted molar refractivity (Wildman–Crippen MR) is 107 cm³/mol. The Morgan fingerprint density at radius 3 is 2.66 bits per heavy atom. The van der Waals surface area contributed by atoms with Crippen LogP contribution in [0.1, 0.15) is 32.1 Å². The van der Waals surface area contributed by atoms with E-state index in [0.717, 1.165) is 16.8 Å². The summed E-state index contributed by atoms with van der Waals surface area (Å²) in [5.41, 5.74) is 7.37. The largest absolute Gasteiger partial charge is 0.461 e. The van der Waals surface area contributed by atoms with Crippen LogP contribution in [0.4, 0.5) is 10.5 Å². The molecule has 2 aromatic rings. The molecule has 1 aromatic heterocycles. The summed E-state index contributed by atoms with van der Waals surface area (Å²) in [6, 6.07) is 8.23. The molecule has 8 nitrogen and oxygen atoms in total. The van der Waals surface area contributed by atoms with Gasteiger partial charge in [0.2, 0.25) is 11.8 Å². The number of anilines is 1. The van der Waals surface area contributed by atoms with Gasteiger partial charge in [-0.05, 0) is 44.5 Å². The number of benzene rings is 1. The zero-order chi connectivity index (χ0) is 21.3. The first-order valence-corrected chi connectivity index (χ1v) is 9.31. The number of fused-ring (bicyclic) bond motifs is 1. The smallest absolute Gasteiger partial charge is 0.408 e. The van der Waals surface area contributed by atoms with Gasteiger partial charge in [0.15, 0.2) is 0 Å². The van der Waals surface area contributed by atoms with Crippen molar-refractivity contribution < 1.29 is 23.5 Å². The van der Waals surface area contributed by atoms with Gasteiger partial charge in [0.25, 0.3) is 0 Å². The van der Waals surface area contributed by atoms with Crippen LogP contribution >= 0.6 is 0 Å². The van der Waals surface area contributed by atoms with E-state index in [1.807, 2.05) is 18.2 Å². The summed E-state index contributed by atoms with van der Waals surface area (Å²) in [5, 5.41) is 2.48. The van der Waals surface area contributed by atoms with Gasteiger partial charge in [0.1, 0.15) is 23.2 Å². The van der Waals surface area contributed by atoms with E-state index in [4.69, 9.17) is 14.9 Å². The van der Waals surface area contributed by atoms with Crippen molar-refractivity contribution in [2.24, 2.45) is 5.73 Å². The summed E-state index contributed by atoms with van der Waals surface area (Å²) in [6.07, 6.45) is -0.233. The highest BCUT2D eigenvalue weighted by Gasteiger charge is 2.26. The van der Waals surface area contributed by atoms with Gasteiger partial charge in [-0.3, -0.25) is 9.59 Å². The van der Waals surface area contributed by atoms with E-state index in [1.54, 1.807) is 44.9 Å². The first-order valence-electron chi connectivity index (χ1n) is 9.31. The highest BCUT2D eigenvalue weighted by Crippen LogP contribution is 2.33. The summed E-state index contributed by atoms with van der Waals surface area (Å²) in [6.45, 7) is 5.19. The fourth-order valence-corrected chi connectivity index (χ4v) is 3.11. The summed E-state index contributed by atoms with van der Waals surface area (Å²) in [4.78, 5) is 37.2. The second-order valence-electron chi connectivity index (χ2n) is 8.04. The van der Waals surface area contributed by atoms with Crippen molar-refractivity contribution in [1.29, 1.82) is 0 Å². The first-order chi connectivity index (χ1) is 13.5.